The molecule has 0 saturated carbocycles. The van der Waals surface area contributed by atoms with E-state index in [-0.39, 0.29) is 30.5 Å². The summed E-state index contributed by atoms with van der Waals surface area (Å²) in [6.07, 6.45) is -0.427. The number of thiazole rings is 1. The summed E-state index contributed by atoms with van der Waals surface area (Å²) in [5.41, 5.74) is 0.0214. The van der Waals surface area contributed by atoms with Crippen LogP contribution >= 0.6 is 22.9 Å². The summed E-state index contributed by atoms with van der Waals surface area (Å²) >= 11 is 7.05. The topological polar surface area (TPSA) is 79.8 Å². The van der Waals surface area contributed by atoms with Gasteiger partial charge in [0.1, 0.15) is 5.60 Å². The molecule has 1 aliphatic rings. The van der Waals surface area contributed by atoms with Crippen LogP contribution in [0.2, 0.25) is 5.02 Å². The van der Waals surface area contributed by atoms with E-state index in [9.17, 15) is 13.2 Å². The Kier molecular flexibility index (Phi) is 5.17. The Morgan fingerprint density at radius 3 is 2.50 bits per heavy atom. The molecule has 26 heavy (non-hydrogen) atoms. The Labute approximate surface area is 161 Å². The number of nitrogens with zero attached hydrogens (tertiary/aromatic N) is 3. The van der Waals surface area contributed by atoms with Gasteiger partial charge in [0.2, 0.25) is 4.34 Å². The molecule has 0 aliphatic carbocycles. The molecule has 142 valence electrons. The third kappa shape index (κ3) is 4.11. The standard InChI is InChI=1S/C16H20ClN3O4S2/c1-16(2,3)24-15(21)19-6-8-20(9-7-19)26(22,23)14-18-12-5-4-11(17)10-13(12)25-14/h4-5,10H,6-9H2,1-3H3. The fourth-order valence-corrected chi connectivity index (χ4v) is 5.59. The molecular weight excluding hydrogens is 398 g/mol. The normalized spacial score (nSPS) is 16.8. The number of amides is 1. The number of hydrogen-bond acceptors (Lipinski definition) is 6. The van der Waals surface area contributed by atoms with Crippen molar-refractivity contribution >= 4 is 49.3 Å². The molecule has 10 heteroatoms. The lowest BCUT2D eigenvalue weighted by molar-refractivity contribution is 0.0192. The van der Waals surface area contributed by atoms with Crippen LogP contribution in [-0.4, -0.2) is 60.5 Å². The quantitative estimate of drug-likeness (QED) is 0.749. The van der Waals surface area contributed by atoms with Crippen molar-refractivity contribution in [3.63, 3.8) is 0 Å². The number of sulfonamides is 1. The summed E-state index contributed by atoms with van der Waals surface area (Å²) in [7, 11) is -3.70. The van der Waals surface area contributed by atoms with Gasteiger partial charge in [0.15, 0.2) is 0 Å². The first-order valence-corrected chi connectivity index (χ1v) is 10.7. The highest BCUT2D eigenvalue weighted by atomic mass is 35.5. The third-order valence-corrected chi connectivity index (χ3v) is 7.29. The van der Waals surface area contributed by atoms with Crippen LogP contribution in [0.4, 0.5) is 4.79 Å². The average Bonchev–Trinajstić information content (AvgIpc) is 2.97. The Morgan fingerprint density at radius 1 is 1.23 bits per heavy atom. The van der Waals surface area contributed by atoms with Gasteiger partial charge in [0.05, 0.1) is 10.2 Å². The van der Waals surface area contributed by atoms with Crippen molar-refractivity contribution in [2.45, 2.75) is 30.7 Å². The number of carbonyl (C=O) groups is 1. The molecule has 0 spiro atoms. The molecule has 2 heterocycles. The molecule has 0 N–H and O–H groups in total. The van der Waals surface area contributed by atoms with E-state index in [1.807, 2.05) is 0 Å². The smallest absolute Gasteiger partial charge is 0.410 e. The summed E-state index contributed by atoms with van der Waals surface area (Å²) in [5.74, 6) is 0. The van der Waals surface area contributed by atoms with Crippen molar-refractivity contribution in [1.82, 2.24) is 14.2 Å². The first-order chi connectivity index (χ1) is 12.1. The van der Waals surface area contributed by atoms with Gasteiger partial charge in [-0.2, -0.15) is 4.31 Å². The number of rotatable bonds is 2. The minimum absolute atomic E-state index is 0.0421. The molecule has 1 aromatic carbocycles. The lowest BCUT2D eigenvalue weighted by Crippen LogP contribution is -2.51. The van der Waals surface area contributed by atoms with Crippen molar-refractivity contribution < 1.29 is 17.9 Å². The van der Waals surface area contributed by atoms with Gasteiger partial charge in [0.25, 0.3) is 10.0 Å². The first-order valence-electron chi connectivity index (χ1n) is 8.10. The van der Waals surface area contributed by atoms with Crippen LogP contribution in [-0.2, 0) is 14.8 Å². The second-order valence-corrected chi connectivity index (χ2v) is 10.5. The van der Waals surface area contributed by atoms with Gasteiger partial charge in [-0.3, -0.25) is 0 Å². The van der Waals surface area contributed by atoms with Crippen LogP contribution in [0.1, 0.15) is 20.8 Å². The number of hydrogen-bond donors (Lipinski definition) is 0. The van der Waals surface area contributed by atoms with E-state index in [4.69, 9.17) is 16.3 Å². The summed E-state index contributed by atoms with van der Waals surface area (Å²) in [4.78, 5) is 17.9. The predicted octanol–water partition coefficient (Wildman–Crippen LogP) is 3.19. The van der Waals surface area contributed by atoms with Gasteiger partial charge >= 0.3 is 6.09 Å². The number of ether oxygens (including phenoxy) is 1. The van der Waals surface area contributed by atoms with Gasteiger partial charge in [-0.25, -0.2) is 18.2 Å². The lowest BCUT2D eigenvalue weighted by Gasteiger charge is -2.34. The zero-order valence-electron chi connectivity index (χ0n) is 14.7. The van der Waals surface area contributed by atoms with Crippen LogP contribution in [0.15, 0.2) is 22.5 Å². The van der Waals surface area contributed by atoms with Gasteiger partial charge in [0, 0.05) is 31.2 Å². The first kappa shape index (κ1) is 19.3. The molecule has 0 radical (unpaired) electrons. The monoisotopic (exact) mass is 417 g/mol. The molecule has 1 amide bonds. The third-order valence-electron chi connectivity index (χ3n) is 3.78. The molecule has 1 fully saturated rings. The van der Waals surface area contributed by atoms with Crippen molar-refractivity contribution in [2.24, 2.45) is 0 Å². The molecule has 2 aromatic rings. The molecule has 0 atom stereocenters. The Balaban J connectivity index is 1.72. The maximum atomic E-state index is 12.9. The van der Waals surface area contributed by atoms with E-state index in [0.29, 0.717) is 10.5 Å². The molecule has 7 nitrogen and oxygen atoms in total. The van der Waals surface area contributed by atoms with Crippen LogP contribution in [0.3, 0.4) is 0 Å². The largest absolute Gasteiger partial charge is 0.444 e. The lowest BCUT2D eigenvalue weighted by atomic mass is 10.2. The summed E-state index contributed by atoms with van der Waals surface area (Å²) in [5, 5.41) is 0.538. The maximum absolute atomic E-state index is 12.9. The Hall–Kier alpha value is -1.42. The minimum Gasteiger partial charge on any atom is -0.444 e. The molecule has 1 saturated heterocycles. The second-order valence-electron chi connectivity index (χ2n) is 6.96. The van der Waals surface area contributed by atoms with E-state index >= 15 is 0 Å². The van der Waals surface area contributed by atoms with E-state index in [1.54, 1.807) is 39.0 Å². The van der Waals surface area contributed by atoms with Crippen molar-refractivity contribution in [3.8, 4) is 0 Å². The van der Waals surface area contributed by atoms with Crippen molar-refractivity contribution in [2.75, 3.05) is 26.2 Å². The van der Waals surface area contributed by atoms with Crippen molar-refractivity contribution in [3.05, 3.63) is 23.2 Å². The molecule has 3 rings (SSSR count). The SMILES string of the molecule is CC(C)(C)OC(=O)N1CCN(S(=O)(=O)c2nc3ccc(Cl)cc3s2)CC1. The molecular formula is C16H20ClN3O4S2. The van der Waals surface area contributed by atoms with Gasteiger partial charge in [-0.15, -0.1) is 11.3 Å². The van der Waals surface area contributed by atoms with Crippen LogP contribution in [0.5, 0.6) is 0 Å². The maximum Gasteiger partial charge on any atom is 0.410 e. The van der Waals surface area contributed by atoms with Gasteiger partial charge in [-0.05, 0) is 39.0 Å². The highest BCUT2D eigenvalue weighted by Gasteiger charge is 2.33. The molecule has 1 aromatic heterocycles. The van der Waals surface area contributed by atoms with E-state index in [2.05, 4.69) is 4.98 Å². The summed E-state index contributed by atoms with van der Waals surface area (Å²) in [6, 6.07) is 5.08. The van der Waals surface area contributed by atoms with E-state index < -0.39 is 21.7 Å². The van der Waals surface area contributed by atoms with Crippen molar-refractivity contribution in [1.29, 1.82) is 0 Å². The highest BCUT2D eigenvalue weighted by molar-refractivity contribution is 7.91. The number of halogens is 1. The van der Waals surface area contributed by atoms with E-state index in [0.717, 1.165) is 16.0 Å². The molecule has 0 bridgehead atoms. The van der Waals surface area contributed by atoms with E-state index in [1.165, 1.54) is 9.21 Å². The zero-order valence-corrected chi connectivity index (χ0v) is 17.1. The van der Waals surface area contributed by atoms with Gasteiger partial charge in [-0.1, -0.05) is 11.6 Å². The number of piperazine rings is 1. The fraction of sp³-hybridized carbons (Fsp3) is 0.500. The minimum atomic E-state index is -3.70. The van der Waals surface area contributed by atoms with Gasteiger partial charge < -0.3 is 9.64 Å². The van der Waals surface area contributed by atoms with Crippen LogP contribution < -0.4 is 0 Å². The zero-order chi connectivity index (χ0) is 19.1. The number of benzene rings is 1. The number of fused-ring (bicyclic) bond motifs is 1. The number of aromatic nitrogens is 1. The fourth-order valence-electron chi connectivity index (χ4n) is 2.54. The summed E-state index contributed by atoms with van der Waals surface area (Å²) in [6.45, 7) is 6.37. The summed E-state index contributed by atoms with van der Waals surface area (Å²) < 4.78 is 33.2. The van der Waals surface area contributed by atoms with Crippen LogP contribution in [0, 0.1) is 0 Å². The Morgan fingerprint density at radius 2 is 1.88 bits per heavy atom. The second kappa shape index (κ2) is 6.95. The predicted molar refractivity (Wildman–Crippen MR) is 101 cm³/mol. The highest BCUT2D eigenvalue weighted by Crippen LogP contribution is 2.30. The molecule has 1 aliphatic heterocycles. The number of carbonyl (C=O) groups excluding carboxylic acids is 1. The Bertz CT molecular complexity index is 929. The average molecular weight is 418 g/mol. The van der Waals surface area contributed by atoms with Crippen LogP contribution in [0.25, 0.3) is 10.2 Å². The molecule has 0 unspecified atom stereocenters.